The summed E-state index contributed by atoms with van der Waals surface area (Å²) in [4.78, 5) is 0. The van der Waals surface area contributed by atoms with Gasteiger partial charge in [-0.25, -0.2) is 13.2 Å². The molecule has 0 nitrogen and oxygen atoms in total. The summed E-state index contributed by atoms with van der Waals surface area (Å²) in [6, 6.07) is 0. The molecule has 21 heavy (non-hydrogen) atoms. The van der Waals surface area contributed by atoms with E-state index in [-0.39, 0.29) is 0 Å². The molecule has 0 aromatic heterocycles. The van der Waals surface area contributed by atoms with Crippen LogP contribution in [-0.4, -0.2) is 48.1 Å². The van der Waals surface area contributed by atoms with Gasteiger partial charge in [-0.2, -0.15) is 43.9 Å². The summed E-state index contributed by atoms with van der Waals surface area (Å²) in [6.07, 6.45) is -16.2. The van der Waals surface area contributed by atoms with Crippen molar-refractivity contribution >= 4 is 0 Å². The molecule has 1 saturated carbocycles. The highest BCUT2D eigenvalue weighted by Crippen LogP contribution is 2.60. The van der Waals surface area contributed by atoms with E-state index in [4.69, 9.17) is 0 Å². The lowest BCUT2D eigenvalue weighted by molar-refractivity contribution is -0.413. The molecule has 1 aliphatic rings. The predicted molar refractivity (Wildman–Crippen MR) is 39.4 cm³/mol. The Kier molecular flexibility index (Phi) is 3.72. The van der Waals surface area contributed by atoms with E-state index < -0.39 is 48.1 Å². The second-order valence-corrected chi connectivity index (χ2v) is 4.24. The molecule has 1 aliphatic carbocycles. The number of rotatable bonds is 0. The summed E-state index contributed by atoms with van der Waals surface area (Å²) in [6.45, 7) is 0. The molecule has 0 amide bonds. The van der Waals surface area contributed by atoms with Gasteiger partial charge in [-0.1, -0.05) is 0 Å². The largest absolute Gasteiger partial charge is 0.381 e. The lowest BCUT2D eigenvalue weighted by Gasteiger charge is -2.44. The SMILES string of the molecule is FC1C(F)C(F)(F)C(F)(F)C(F)(F)C(F)(F)C(F)C1(F)F. The van der Waals surface area contributed by atoms with Gasteiger partial charge in [0.1, 0.15) is 0 Å². The number of hydrogen-bond acceptors (Lipinski definition) is 0. The van der Waals surface area contributed by atoms with Gasteiger partial charge in [-0.15, -0.1) is 0 Å². The fraction of sp³-hybridized carbons (Fsp3) is 1.00. The number of halogens is 13. The van der Waals surface area contributed by atoms with E-state index in [1.165, 1.54) is 0 Å². The predicted octanol–water partition coefficient (Wildman–Crippen LogP) is 4.19. The average molecular weight is 346 g/mol. The zero-order valence-electron chi connectivity index (χ0n) is 9.15. The molecular weight excluding hydrogens is 343 g/mol. The van der Waals surface area contributed by atoms with E-state index in [0.29, 0.717) is 0 Å². The van der Waals surface area contributed by atoms with Gasteiger partial charge in [0.15, 0.2) is 0 Å². The highest BCUT2D eigenvalue weighted by molar-refractivity contribution is 5.16. The molecule has 3 atom stereocenters. The third-order valence-electron chi connectivity index (χ3n) is 2.86. The van der Waals surface area contributed by atoms with Crippen molar-refractivity contribution in [2.45, 2.75) is 48.1 Å². The summed E-state index contributed by atoms with van der Waals surface area (Å²) in [5.41, 5.74) is 0. The second kappa shape index (κ2) is 4.31. The molecule has 1 rings (SSSR count). The molecule has 1 fully saturated rings. The lowest BCUT2D eigenvalue weighted by atomic mass is 9.83. The van der Waals surface area contributed by atoms with Crippen LogP contribution in [0.3, 0.4) is 0 Å². The Balaban J connectivity index is 3.69. The van der Waals surface area contributed by atoms with E-state index in [1.54, 1.807) is 0 Å². The molecule has 0 spiro atoms. The van der Waals surface area contributed by atoms with Gasteiger partial charge in [-0.3, -0.25) is 0 Å². The molecule has 126 valence electrons. The minimum Gasteiger partial charge on any atom is -0.237 e. The Bertz CT molecular complexity index is 412. The van der Waals surface area contributed by atoms with Gasteiger partial charge in [0.25, 0.3) is 0 Å². The van der Waals surface area contributed by atoms with Gasteiger partial charge in [0.05, 0.1) is 0 Å². The number of hydrogen-bond donors (Lipinski definition) is 0. The summed E-state index contributed by atoms with van der Waals surface area (Å²) in [5, 5.41) is 0. The quantitative estimate of drug-likeness (QED) is 0.577. The Hall–Kier alpha value is -0.910. The van der Waals surface area contributed by atoms with Crippen molar-refractivity contribution in [3.05, 3.63) is 0 Å². The van der Waals surface area contributed by atoms with Gasteiger partial charge >= 0.3 is 29.6 Å². The molecule has 0 aromatic carbocycles. The standard InChI is InChI=1S/C8H3F13/c9-1-2(10)5(14,15)7(18,19)8(20,21)6(16,17)3(11)4(1,12)13/h1-3H. The number of alkyl halides is 13. The van der Waals surface area contributed by atoms with E-state index in [2.05, 4.69) is 0 Å². The van der Waals surface area contributed by atoms with Gasteiger partial charge < -0.3 is 0 Å². The van der Waals surface area contributed by atoms with E-state index in [0.717, 1.165) is 0 Å². The lowest BCUT2D eigenvalue weighted by Crippen LogP contribution is -2.74. The van der Waals surface area contributed by atoms with Crippen LogP contribution < -0.4 is 0 Å². The van der Waals surface area contributed by atoms with Crippen LogP contribution in [0, 0.1) is 0 Å². The van der Waals surface area contributed by atoms with E-state index in [1.807, 2.05) is 0 Å². The molecule has 0 bridgehead atoms. The normalized spacial score (nSPS) is 40.1. The van der Waals surface area contributed by atoms with Crippen molar-refractivity contribution in [2.24, 2.45) is 0 Å². The van der Waals surface area contributed by atoms with Crippen molar-refractivity contribution in [2.75, 3.05) is 0 Å². The van der Waals surface area contributed by atoms with Crippen molar-refractivity contribution in [1.29, 1.82) is 0 Å². The third kappa shape index (κ3) is 1.91. The second-order valence-electron chi connectivity index (χ2n) is 4.24. The minimum absolute atomic E-state index is 5.20. The maximum absolute atomic E-state index is 12.7. The smallest absolute Gasteiger partial charge is 0.237 e. The maximum atomic E-state index is 12.7. The maximum Gasteiger partial charge on any atom is 0.381 e. The molecule has 0 N–H and O–H groups in total. The highest BCUT2D eigenvalue weighted by Gasteiger charge is 2.89. The monoisotopic (exact) mass is 346 g/mol. The molecule has 13 heteroatoms. The topological polar surface area (TPSA) is 0 Å². The summed E-state index contributed by atoms with van der Waals surface area (Å²) in [7, 11) is 0. The van der Waals surface area contributed by atoms with E-state index in [9.17, 15) is 57.1 Å². The van der Waals surface area contributed by atoms with Crippen LogP contribution in [0.4, 0.5) is 57.1 Å². The van der Waals surface area contributed by atoms with Gasteiger partial charge in [-0.05, 0) is 0 Å². The first-order valence-corrected chi connectivity index (χ1v) is 4.78. The van der Waals surface area contributed by atoms with Crippen molar-refractivity contribution in [3.63, 3.8) is 0 Å². The summed E-state index contributed by atoms with van der Waals surface area (Å²) in [5.74, 6) is -35.2. The first-order valence-electron chi connectivity index (χ1n) is 4.78. The molecule has 3 unspecified atom stereocenters. The molecule has 0 radical (unpaired) electrons. The van der Waals surface area contributed by atoms with Crippen LogP contribution in [0.25, 0.3) is 0 Å². The molecule has 0 aliphatic heterocycles. The Morgan fingerprint density at radius 1 is 0.476 bits per heavy atom. The van der Waals surface area contributed by atoms with Crippen LogP contribution in [-0.2, 0) is 0 Å². The Morgan fingerprint density at radius 3 is 1.19 bits per heavy atom. The molecular formula is C8H3F13. The third-order valence-corrected chi connectivity index (χ3v) is 2.86. The first kappa shape index (κ1) is 18.1. The van der Waals surface area contributed by atoms with Crippen LogP contribution in [0.15, 0.2) is 0 Å². The van der Waals surface area contributed by atoms with Gasteiger partial charge in [0, 0.05) is 0 Å². The van der Waals surface area contributed by atoms with E-state index >= 15 is 0 Å². The van der Waals surface area contributed by atoms with Crippen molar-refractivity contribution in [1.82, 2.24) is 0 Å². The van der Waals surface area contributed by atoms with Crippen LogP contribution in [0.2, 0.25) is 0 Å². The average Bonchev–Trinajstić information content (AvgIpc) is 2.33. The van der Waals surface area contributed by atoms with Crippen LogP contribution in [0.1, 0.15) is 0 Å². The van der Waals surface area contributed by atoms with Gasteiger partial charge in [0.2, 0.25) is 18.5 Å². The van der Waals surface area contributed by atoms with Crippen LogP contribution in [0.5, 0.6) is 0 Å². The summed E-state index contributed by atoms with van der Waals surface area (Å²) >= 11 is 0. The van der Waals surface area contributed by atoms with Crippen molar-refractivity contribution in [3.8, 4) is 0 Å². The zero-order valence-corrected chi connectivity index (χ0v) is 9.15. The fourth-order valence-corrected chi connectivity index (χ4v) is 1.51. The molecule has 0 aromatic rings. The van der Waals surface area contributed by atoms with Crippen molar-refractivity contribution < 1.29 is 57.1 Å². The van der Waals surface area contributed by atoms with Crippen LogP contribution >= 0.6 is 0 Å². The zero-order chi connectivity index (χ0) is 17.2. The molecule has 0 saturated heterocycles. The highest BCUT2D eigenvalue weighted by atomic mass is 19.4. The Labute approximate surface area is 106 Å². The fourth-order valence-electron chi connectivity index (χ4n) is 1.51. The summed E-state index contributed by atoms with van der Waals surface area (Å²) < 4.78 is 166. The first-order chi connectivity index (χ1) is 8.97. The Morgan fingerprint density at radius 2 is 0.810 bits per heavy atom. The molecule has 0 heterocycles. The minimum atomic E-state index is -7.41.